The lowest BCUT2D eigenvalue weighted by molar-refractivity contribution is -0.385. The van der Waals surface area contributed by atoms with E-state index in [9.17, 15) is 38.0 Å². The third-order valence-corrected chi connectivity index (χ3v) is 5.81. The van der Waals surface area contributed by atoms with Crippen molar-refractivity contribution in [2.24, 2.45) is 5.92 Å². The summed E-state index contributed by atoms with van der Waals surface area (Å²) in [6.07, 6.45) is -5.38. The van der Waals surface area contributed by atoms with Crippen molar-refractivity contribution in [2.45, 2.75) is 24.9 Å². The van der Waals surface area contributed by atoms with Gasteiger partial charge in [-0.2, -0.15) is 13.2 Å². The van der Waals surface area contributed by atoms with Gasteiger partial charge in [-0.15, -0.1) is 11.3 Å². The number of halogens is 3. The molecule has 1 fully saturated rings. The van der Waals surface area contributed by atoms with Crippen molar-refractivity contribution in [3.8, 4) is 0 Å². The fraction of sp³-hybridized carbons (Fsp3) is 0.333. The molecule has 3 atom stereocenters. The predicted molar refractivity (Wildman–Crippen MR) is 99.9 cm³/mol. The zero-order valence-corrected chi connectivity index (χ0v) is 16.2. The van der Waals surface area contributed by atoms with E-state index in [-0.39, 0.29) is 15.3 Å². The summed E-state index contributed by atoms with van der Waals surface area (Å²) in [6, 6.07) is 4.45. The van der Waals surface area contributed by atoms with Crippen LogP contribution in [0.4, 0.5) is 23.7 Å². The number of urea groups is 1. The van der Waals surface area contributed by atoms with E-state index in [1.807, 2.05) is 0 Å². The highest BCUT2D eigenvalue weighted by molar-refractivity contribution is 7.12. The standard InChI is InChI=1S/C18H16F3N3O5S/c1-2-23-16(26)22-14(10-5-3-6-11(9-10)24(28)29)13(17(23,27)18(19,20)21)15(25)12-7-4-8-30-12/h3-9,13-14,27H,2H2,1H3,(H,22,26)/t13-,14+,17-/m0/s1. The molecule has 1 aromatic heterocycles. The lowest BCUT2D eigenvalue weighted by Crippen LogP contribution is -2.73. The Morgan fingerprint density at radius 1 is 1.37 bits per heavy atom. The molecule has 0 bridgehead atoms. The maximum absolute atomic E-state index is 14.2. The second-order valence-corrected chi connectivity index (χ2v) is 7.51. The Labute approximate surface area is 172 Å². The molecule has 1 aliphatic heterocycles. The lowest BCUT2D eigenvalue weighted by Gasteiger charge is -2.50. The first-order valence-electron chi connectivity index (χ1n) is 8.71. The van der Waals surface area contributed by atoms with Gasteiger partial charge in [0.2, 0.25) is 0 Å². The summed E-state index contributed by atoms with van der Waals surface area (Å²) in [5.74, 6) is -3.24. The number of nitro benzene ring substituents is 1. The van der Waals surface area contributed by atoms with E-state index in [2.05, 4.69) is 5.32 Å². The number of nitro groups is 1. The first-order valence-corrected chi connectivity index (χ1v) is 9.59. The van der Waals surface area contributed by atoms with Gasteiger partial charge in [0, 0.05) is 18.7 Å². The van der Waals surface area contributed by atoms with Crippen LogP contribution >= 0.6 is 11.3 Å². The molecular weight excluding hydrogens is 427 g/mol. The zero-order valence-electron chi connectivity index (χ0n) is 15.4. The predicted octanol–water partition coefficient (Wildman–Crippen LogP) is 3.49. The fourth-order valence-electron chi connectivity index (χ4n) is 3.58. The second-order valence-electron chi connectivity index (χ2n) is 6.57. The van der Waals surface area contributed by atoms with Gasteiger partial charge in [-0.05, 0) is 23.9 Å². The summed E-state index contributed by atoms with van der Waals surface area (Å²) in [5, 5.41) is 25.8. The number of amides is 2. The number of nitrogens with zero attached hydrogens (tertiary/aromatic N) is 2. The minimum atomic E-state index is -5.38. The quantitative estimate of drug-likeness (QED) is 0.417. The largest absolute Gasteiger partial charge is 0.437 e. The molecule has 0 spiro atoms. The smallest absolute Gasteiger partial charge is 0.363 e. The van der Waals surface area contributed by atoms with Crippen LogP contribution < -0.4 is 5.32 Å². The van der Waals surface area contributed by atoms with Gasteiger partial charge in [0.15, 0.2) is 5.78 Å². The number of ketones is 1. The molecular formula is C18H16F3N3O5S. The van der Waals surface area contributed by atoms with Crippen molar-refractivity contribution in [2.75, 3.05) is 6.54 Å². The Morgan fingerprint density at radius 2 is 2.07 bits per heavy atom. The minimum Gasteiger partial charge on any atom is -0.363 e. The van der Waals surface area contributed by atoms with Gasteiger partial charge in [-0.1, -0.05) is 18.2 Å². The summed E-state index contributed by atoms with van der Waals surface area (Å²) < 4.78 is 42.5. The number of aliphatic hydroxyl groups is 1. The molecule has 2 heterocycles. The summed E-state index contributed by atoms with van der Waals surface area (Å²) >= 11 is 0.883. The topological polar surface area (TPSA) is 113 Å². The number of alkyl halides is 3. The van der Waals surface area contributed by atoms with Gasteiger partial charge < -0.3 is 10.4 Å². The van der Waals surface area contributed by atoms with E-state index in [1.165, 1.54) is 36.6 Å². The van der Waals surface area contributed by atoms with Gasteiger partial charge >= 0.3 is 12.2 Å². The summed E-state index contributed by atoms with van der Waals surface area (Å²) in [6.45, 7) is 0.703. The molecule has 0 radical (unpaired) electrons. The van der Waals surface area contributed by atoms with Crippen molar-refractivity contribution in [1.29, 1.82) is 0 Å². The van der Waals surface area contributed by atoms with Crippen LogP contribution in [-0.4, -0.2) is 45.2 Å². The van der Waals surface area contributed by atoms with E-state index in [1.54, 1.807) is 0 Å². The first kappa shape index (κ1) is 21.7. The normalized spacial score (nSPS) is 24.4. The molecule has 30 heavy (non-hydrogen) atoms. The van der Waals surface area contributed by atoms with Crippen LogP contribution in [0.15, 0.2) is 41.8 Å². The van der Waals surface area contributed by atoms with Crippen molar-refractivity contribution < 1.29 is 32.8 Å². The van der Waals surface area contributed by atoms with Crippen molar-refractivity contribution in [3.63, 3.8) is 0 Å². The molecule has 8 nitrogen and oxygen atoms in total. The average molecular weight is 443 g/mol. The number of nitrogens with one attached hydrogen (secondary N) is 1. The van der Waals surface area contributed by atoms with Crippen LogP contribution in [0.25, 0.3) is 0 Å². The van der Waals surface area contributed by atoms with E-state index in [4.69, 9.17) is 0 Å². The van der Waals surface area contributed by atoms with Gasteiger partial charge in [0.25, 0.3) is 11.4 Å². The SMILES string of the molecule is CCN1C(=O)N[C@H](c2cccc([N+](=O)[O-])c2)[C@@H](C(=O)c2cccs2)[C@]1(O)C(F)(F)F. The zero-order chi connectivity index (χ0) is 22.3. The Kier molecular flexibility index (Phi) is 5.56. The number of carbonyl (C=O) groups is 2. The number of carbonyl (C=O) groups excluding carboxylic acids is 2. The monoisotopic (exact) mass is 443 g/mol. The molecule has 0 aliphatic carbocycles. The molecule has 1 aromatic carbocycles. The highest BCUT2D eigenvalue weighted by Crippen LogP contribution is 2.48. The van der Waals surface area contributed by atoms with Gasteiger partial charge in [-0.3, -0.25) is 19.8 Å². The maximum atomic E-state index is 14.2. The first-order chi connectivity index (χ1) is 14.0. The van der Waals surface area contributed by atoms with Crippen molar-refractivity contribution >= 4 is 28.8 Å². The molecule has 160 valence electrons. The molecule has 12 heteroatoms. The van der Waals surface area contributed by atoms with Crippen LogP contribution in [0.1, 0.15) is 28.2 Å². The van der Waals surface area contributed by atoms with Crippen molar-refractivity contribution in [3.05, 3.63) is 62.3 Å². The van der Waals surface area contributed by atoms with Crippen LogP contribution in [0.2, 0.25) is 0 Å². The Morgan fingerprint density at radius 3 is 2.60 bits per heavy atom. The molecule has 3 rings (SSSR count). The highest BCUT2D eigenvalue weighted by Gasteiger charge is 2.69. The van der Waals surface area contributed by atoms with E-state index >= 15 is 0 Å². The molecule has 0 saturated carbocycles. The molecule has 2 aromatic rings. The lowest BCUT2D eigenvalue weighted by atomic mass is 9.77. The van der Waals surface area contributed by atoms with Crippen molar-refractivity contribution in [1.82, 2.24) is 10.2 Å². The summed E-state index contributed by atoms with van der Waals surface area (Å²) in [4.78, 5) is 36.0. The van der Waals surface area contributed by atoms with E-state index < -0.39 is 52.8 Å². The van der Waals surface area contributed by atoms with Crippen LogP contribution in [0.5, 0.6) is 0 Å². The Hall–Kier alpha value is -2.99. The number of benzene rings is 1. The molecule has 2 N–H and O–H groups in total. The summed E-state index contributed by atoms with van der Waals surface area (Å²) in [7, 11) is 0. The second kappa shape index (κ2) is 7.69. The van der Waals surface area contributed by atoms with Crippen LogP contribution in [0, 0.1) is 16.0 Å². The molecule has 1 aliphatic rings. The number of rotatable bonds is 5. The maximum Gasteiger partial charge on any atom is 0.437 e. The van der Waals surface area contributed by atoms with Gasteiger partial charge in [0.05, 0.1) is 15.8 Å². The number of hydrogen-bond donors (Lipinski definition) is 2. The highest BCUT2D eigenvalue weighted by atomic mass is 32.1. The number of hydrogen-bond acceptors (Lipinski definition) is 6. The van der Waals surface area contributed by atoms with Gasteiger partial charge in [-0.25, -0.2) is 4.79 Å². The summed E-state index contributed by atoms with van der Waals surface area (Å²) in [5.41, 5.74) is -4.36. The fourth-order valence-corrected chi connectivity index (χ4v) is 4.28. The molecule has 1 saturated heterocycles. The number of Topliss-reactive ketones (excluding diaryl/α,β-unsaturated/α-hetero) is 1. The minimum absolute atomic E-state index is 0.0506. The molecule has 0 unspecified atom stereocenters. The Bertz CT molecular complexity index is 982. The van der Waals surface area contributed by atoms with E-state index in [0.717, 1.165) is 23.5 Å². The van der Waals surface area contributed by atoms with Crippen LogP contribution in [-0.2, 0) is 0 Å². The number of non-ortho nitro benzene ring substituents is 1. The Balaban J connectivity index is 2.24. The number of thiophene rings is 1. The third kappa shape index (κ3) is 3.41. The van der Waals surface area contributed by atoms with Crippen LogP contribution in [0.3, 0.4) is 0 Å². The third-order valence-electron chi connectivity index (χ3n) is 4.92. The molecule has 2 amide bonds. The van der Waals surface area contributed by atoms with Gasteiger partial charge in [0.1, 0.15) is 5.92 Å². The van der Waals surface area contributed by atoms with E-state index in [0.29, 0.717) is 0 Å². The average Bonchev–Trinajstić information content (AvgIpc) is 3.21.